The molecule has 1 aliphatic carbocycles. The molecule has 0 amide bonds. The second kappa shape index (κ2) is 5.53. The molecular formula is C14H16O3. The van der Waals surface area contributed by atoms with E-state index in [4.69, 9.17) is 4.74 Å². The molecule has 3 nitrogen and oxygen atoms in total. The number of rotatable bonds is 3. The fourth-order valence-corrected chi connectivity index (χ4v) is 2.00. The minimum absolute atomic E-state index is 0.0801. The first-order valence-corrected chi connectivity index (χ1v) is 5.92. The maximum Gasteiger partial charge on any atom is 0.331 e. The molecule has 1 aromatic carbocycles. The van der Waals surface area contributed by atoms with Crippen LogP contribution in [0.15, 0.2) is 30.3 Å². The van der Waals surface area contributed by atoms with Crippen molar-refractivity contribution in [1.29, 1.82) is 0 Å². The van der Waals surface area contributed by atoms with Gasteiger partial charge in [-0.25, -0.2) is 4.79 Å². The van der Waals surface area contributed by atoms with E-state index in [1.165, 1.54) is 6.08 Å². The van der Waals surface area contributed by atoms with Crippen molar-refractivity contribution in [2.75, 3.05) is 0 Å². The molecular weight excluding hydrogens is 216 g/mol. The van der Waals surface area contributed by atoms with Crippen LogP contribution in [0.25, 0.3) is 6.08 Å². The minimum atomic E-state index is -0.333. The lowest BCUT2D eigenvalue weighted by atomic mass is 10.2. The van der Waals surface area contributed by atoms with Crippen LogP contribution in [0, 0.1) is 0 Å². The zero-order valence-corrected chi connectivity index (χ0v) is 9.63. The van der Waals surface area contributed by atoms with Gasteiger partial charge in [-0.2, -0.15) is 0 Å². The number of esters is 1. The number of benzene rings is 1. The van der Waals surface area contributed by atoms with Gasteiger partial charge in [0.25, 0.3) is 0 Å². The molecule has 1 saturated carbocycles. The molecule has 0 radical (unpaired) electrons. The summed E-state index contributed by atoms with van der Waals surface area (Å²) in [6, 6.07) is 6.88. The van der Waals surface area contributed by atoms with Crippen LogP contribution in [0.2, 0.25) is 0 Å². The largest absolute Gasteiger partial charge is 0.507 e. The number of hydrogen-bond acceptors (Lipinski definition) is 3. The Morgan fingerprint density at radius 2 is 2.00 bits per heavy atom. The van der Waals surface area contributed by atoms with E-state index in [0.717, 1.165) is 25.7 Å². The molecule has 1 fully saturated rings. The van der Waals surface area contributed by atoms with Crippen molar-refractivity contribution in [3.8, 4) is 5.75 Å². The Morgan fingerprint density at radius 1 is 1.29 bits per heavy atom. The van der Waals surface area contributed by atoms with Gasteiger partial charge in [0.05, 0.1) is 0 Å². The summed E-state index contributed by atoms with van der Waals surface area (Å²) in [7, 11) is 0. The second-order valence-electron chi connectivity index (χ2n) is 4.24. The summed E-state index contributed by atoms with van der Waals surface area (Å²) in [6.07, 6.45) is 7.24. The van der Waals surface area contributed by atoms with E-state index in [1.807, 2.05) is 6.07 Å². The van der Waals surface area contributed by atoms with Crippen LogP contribution < -0.4 is 0 Å². The number of phenolic OH excluding ortho intramolecular Hbond substituents is 1. The van der Waals surface area contributed by atoms with Crippen molar-refractivity contribution in [1.82, 2.24) is 0 Å². The third-order valence-corrected chi connectivity index (χ3v) is 2.92. The molecule has 17 heavy (non-hydrogen) atoms. The smallest absolute Gasteiger partial charge is 0.331 e. The lowest BCUT2D eigenvalue weighted by Crippen LogP contribution is -2.12. The van der Waals surface area contributed by atoms with Gasteiger partial charge in [0.2, 0.25) is 0 Å². The monoisotopic (exact) mass is 232 g/mol. The van der Waals surface area contributed by atoms with Crippen molar-refractivity contribution < 1.29 is 14.6 Å². The molecule has 1 N–H and O–H groups in total. The van der Waals surface area contributed by atoms with Gasteiger partial charge in [-0.05, 0) is 37.8 Å². The summed E-state index contributed by atoms with van der Waals surface area (Å²) in [4.78, 5) is 11.5. The van der Waals surface area contributed by atoms with Gasteiger partial charge in [-0.3, -0.25) is 0 Å². The molecule has 0 atom stereocenters. The first-order chi connectivity index (χ1) is 8.25. The minimum Gasteiger partial charge on any atom is -0.507 e. The SMILES string of the molecule is O=C(/C=C/c1ccccc1O)OC1CCCC1. The zero-order valence-electron chi connectivity index (χ0n) is 9.63. The number of carbonyl (C=O) groups excluding carboxylic acids is 1. The van der Waals surface area contributed by atoms with Gasteiger partial charge in [0.1, 0.15) is 11.9 Å². The van der Waals surface area contributed by atoms with E-state index in [0.29, 0.717) is 5.56 Å². The summed E-state index contributed by atoms with van der Waals surface area (Å²) in [5.74, 6) is -0.169. The summed E-state index contributed by atoms with van der Waals surface area (Å²) in [6.45, 7) is 0. The maximum atomic E-state index is 11.5. The summed E-state index contributed by atoms with van der Waals surface area (Å²) in [5, 5.41) is 9.50. The highest BCUT2D eigenvalue weighted by molar-refractivity contribution is 5.87. The lowest BCUT2D eigenvalue weighted by Gasteiger charge is -2.08. The number of aromatic hydroxyl groups is 1. The first-order valence-electron chi connectivity index (χ1n) is 5.92. The lowest BCUT2D eigenvalue weighted by molar-refractivity contribution is -0.142. The highest BCUT2D eigenvalue weighted by Gasteiger charge is 2.17. The van der Waals surface area contributed by atoms with Crippen LogP contribution in [0.4, 0.5) is 0 Å². The van der Waals surface area contributed by atoms with Crippen molar-refractivity contribution in [3.05, 3.63) is 35.9 Å². The fourth-order valence-electron chi connectivity index (χ4n) is 2.00. The van der Waals surface area contributed by atoms with E-state index >= 15 is 0 Å². The molecule has 90 valence electrons. The van der Waals surface area contributed by atoms with Crippen LogP contribution in [-0.2, 0) is 9.53 Å². The third-order valence-electron chi connectivity index (χ3n) is 2.92. The Kier molecular flexibility index (Phi) is 3.81. The van der Waals surface area contributed by atoms with Gasteiger partial charge < -0.3 is 9.84 Å². The van der Waals surface area contributed by atoms with Crippen molar-refractivity contribution >= 4 is 12.0 Å². The Bertz CT molecular complexity index is 417. The summed E-state index contributed by atoms with van der Waals surface area (Å²) >= 11 is 0. The molecule has 0 heterocycles. The molecule has 2 rings (SSSR count). The molecule has 0 spiro atoms. The quantitative estimate of drug-likeness (QED) is 0.644. The molecule has 0 aromatic heterocycles. The van der Waals surface area contributed by atoms with Crippen LogP contribution in [0.1, 0.15) is 31.2 Å². The fraction of sp³-hybridized carbons (Fsp3) is 0.357. The molecule has 1 aromatic rings. The van der Waals surface area contributed by atoms with Crippen LogP contribution >= 0.6 is 0 Å². The molecule has 0 aliphatic heterocycles. The second-order valence-corrected chi connectivity index (χ2v) is 4.24. The van der Waals surface area contributed by atoms with E-state index in [2.05, 4.69) is 0 Å². The van der Waals surface area contributed by atoms with E-state index < -0.39 is 0 Å². The Hall–Kier alpha value is -1.77. The number of hydrogen-bond donors (Lipinski definition) is 1. The molecule has 1 aliphatic rings. The molecule has 3 heteroatoms. The Labute approximate surface area is 101 Å². The number of para-hydroxylation sites is 1. The topological polar surface area (TPSA) is 46.5 Å². The molecule has 0 saturated heterocycles. The standard InChI is InChI=1S/C14H16O3/c15-13-8-4-1-5-11(13)9-10-14(16)17-12-6-2-3-7-12/h1,4-5,8-10,12,15H,2-3,6-7H2/b10-9+. The van der Waals surface area contributed by atoms with Crippen molar-refractivity contribution in [2.45, 2.75) is 31.8 Å². The van der Waals surface area contributed by atoms with Gasteiger partial charge >= 0.3 is 5.97 Å². The number of carbonyl (C=O) groups is 1. The van der Waals surface area contributed by atoms with E-state index in [-0.39, 0.29) is 17.8 Å². The molecule has 0 bridgehead atoms. The Balaban J connectivity index is 1.91. The predicted octanol–water partition coefficient (Wildman–Crippen LogP) is 2.89. The van der Waals surface area contributed by atoms with Crippen molar-refractivity contribution in [3.63, 3.8) is 0 Å². The zero-order chi connectivity index (χ0) is 12.1. The van der Waals surface area contributed by atoms with Gasteiger partial charge in [0, 0.05) is 11.6 Å². The average molecular weight is 232 g/mol. The normalized spacial score (nSPS) is 16.5. The molecule has 0 unspecified atom stereocenters. The highest BCUT2D eigenvalue weighted by Crippen LogP contribution is 2.21. The highest BCUT2D eigenvalue weighted by atomic mass is 16.5. The first kappa shape index (κ1) is 11.7. The van der Waals surface area contributed by atoms with E-state index in [9.17, 15) is 9.90 Å². The van der Waals surface area contributed by atoms with Crippen molar-refractivity contribution in [2.24, 2.45) is 0 Å². The van der Waals surface area contributed by atoms with Gasteiger partial charge in [-0.15, -0.1) is 0 Å². The van der Waals surface area contributed by atoms with Crippen LogP contribution in [0.5, 0.6) is 5.75 Å². The number of phenols is 1. The average Bonchev–Trinajstić information content (AvgIpc) is 2.81. The van der Waals surface area contributed by atoms with Crippen LogP contribution in [0.3, 0.4) is 0 Å². The maximum absolute atomic E-state index is 11.5. The van der Waals surface area contributed by atoms with Gasteiger partial charge in [0.15, 0.2) is 0 Å². The predicted molar refractivity (Wildman–Crippen MR) is 65.5 cm³/mol. The van der Waals surface area contributed by atoms with E-state index in [1.54, 1.807) is 24.3 Å². The third kappa shape index (κ3) is 3.34. The summed E-state index contributed by atoms with van der Waals surface area (Å²) < 4.78 is 5.27. The Morgan fingerprint density at radius 3 is 2.71 bits per heavy atom. The van der Waals surface area contributed by atoms with Gasteiger partial charge in [-0.1, -0.05) is 18.2 Å². The number of ether oxygens (including phenoxy) is 1. The summed E-state index contributed by atoms with van der Waals surface area (Å²) in [5.41, 5.74) is 0.621. The van der Waals surface area contributed by atoms with Crippen LogP contribution in [-0.4, -0.2) is 17.2 Å².